The molecule has 1 aromatic rings. The average Bonchev–Trinajstić information content (AvgIpc) is 2.25. The number of rotatable bonds is 3. The van der Waals surface area contributed by atoms with Gasteiger partial charge in [-0.25, -0.2) is 13.2 Å². The molecule has 94 valence electrons. The maximum Gasteiger partial charge on any atom is 0.339 e. The summed E-state index contributed by atoms with van der Waals surface area (Å²) in [6.07, 6.45) is -0.930. The summed E-state index contributed by atoms with van der Waals surface area (Å²) in [7, 11) is -2.62. The average molecular weight is 260 g/mol. The van der Waals surface area contributed by atoms with Crippen molar-refractivity contribution in [2.75, 3.05) is 13.4 Å². The first kappa shape index (κ1) is 13.5. The van der Waals surface area contributed by atoms with Crippen LogP contribution in [0.25, 0.3) is 0 Å². The van der Waals surface area contributed by atoms with Gasteiger partial charge >= 0.3 is 5.97 Å². The van der Waals surface area contributed by atoms with E-state index >= 15 is 0 Å². The third-order valence-corrected chi connectivity index (χ3v) is 3.30. The van der Waals surface area contributed by atoms with Crippen LogP contribution in [0.5, 0.6) is 5.75 Å². The zero-order valence-corrected chi connectivity index (χ0v) is 10.1. The highest BCUT2D eigenvalue weighted by molar-refractivity contribution is 7.90. The van der Waals surface area contributed by atoms with Crippen molar-refractivity contribution in [2.45, 2.75) is 11.0 Å². The van der Waals surface area contributed by atoms with E-state index in [0.29, 0.717) is 0 Å². The standard InChI is InChI=1S/C10H12O6S/c1-16-10(13)9(12)8-6(11)4-3-5-7(8)17(2,14)15/h3-5,9,11-12H,1-2H3. The zero-order valence-electron chi connectivity index (χ0n) is 9.25. The van der Waals surface area contributed by atoms with Gasteiger partial charge in [0.1, 0.15) is 5.75 Å². The summed E-state index contributed by atoms with van der Waals surface area (Å²) in [5, 5.41) is 19.2. The Hall–Kier alpha value is -1.60. The van der Waals surface area contributed by atoms with Crippen molar-refractivity contribution >= 4 is 15.8 Å². The summed E-state index contributed by atoms with van der Waals surface area (Å²) in [6, 6.07) is 3.67. The first-order valence-corrected chi connectivity index (χ1v) is 6.46. The van der Waals surface area contributed by atoms with E-state index in [0.717, 1.165) is 13.4 Å². The molecule has 0 aliphatic heterocycles. The molecule has 1 unspecified atom stereocenters. The van der Waals surface area contributed by atoms with Crippen molar-refractivity contribution < 1.29 is 28.2 Å². The van der Waals surface area contributed by atoms with Gasteiger partial charge in [-0.3, -0.25) is 0 Å². The Morgan fingerprint density at radius 3 is 2.47 bits per heavy atom. The lowest BCUT2D eigenvalue weighted by Crippen LogP contribution is -2.16. The molecule has 0 amide bonds. The second-order valence-electron chi connectivity index (χ2n) is 3.39. The molecule has 0 aliphatic carbocycles. The van der Waals surface area contributed by atoms with E-state index in [4.69, 9.17) is 0 Å². The number of esters is 1. The first-order valence-electron chi connectivity index (χ1n) is 4.57. The lowest BCUT2D eigenvalue weighted by Gasteiger charge is -2.14. The topological polar surface area (TPSA) is 101 Å². The Labute approximate surface area is 98.4 Å². The number of phenols is 1. The second-order valence-corrected chi connectivity index (χ2v) is 5.37. The highest BCUT2D eigenvalue weighted by Crippen LogP contribution is 2.31. The van der Waals surface area contributed by atoms with Gasteiger partial charge in [0.15, 0.2) is 15.9 Å². The van der Waals surface area contributed by atoms with Crippen LogP contribution in [0.4, 0.5) is 0 Å². The van der Waals surface area contributed by atoms with Crippen molar-refractivity contribution in [3.8, 4) is 5.75 Å². The molecule has 7 heteroatoms. The fourth-order valence-electron chi connectivity index (χ4n) is 1.36. The number of aliphatic hydroxyl groups is 1. The van der Waals surface area contributed by atoms with Crippen molar-refractivity contribution in [1.29, 1.82) is 0 Å². The molecule has 0 saturated heterocycles. The van der Waals surface area contributed by atoms with Crippen LogP contribution in [0.15, 0.2) is 23.1 Å². The van der Waals surface area contributed by atoms with E-state index in [2.05, 4.69) is 4.74 Å². The third kappa shape index (κ3) is 2.75. The van der Waals surface area contributed by atoms with Crippen LogP contribution in [0.2, 0.25) is 0 Å². The predicted molar refractivity (Wildman–Crippen MR) is 58.2 cm³/mol. The molecule has 17 heavy (non-hydrogen) atoms. The number of aliphatic hydroxyl groups excluding tert-OH is 1. The molecular weight excluding hydrogens is 248 g/mol. The van der Waals surface area contributed by atoms with Gasteiger partial charge < -0.3 is 14.9 Å². The van der Waals surface area contributed by atoms with Gasteiger partial charge in [0.25, 0.3) is 0 Å². The van der Waals surface area contributed by atoms with Crippen LogP contribution in [0.1, 0.15) is 11.7 Å². The number of sulfone groups is 1. The van der Waals surface area contributed by atoms with E-state index in [-0.39, 0.29) is 10.5 Å². The van der Waals surface area contributed by atoms with Crippen molar-refractivity contribution in [3.05, 3.63) is 23.8 Å². The number of benzene rings is 1. The van der Waals surface area contributed by atoms with Gasteiger partial charge in [0.05, 0.1) is 17.6 Å². The van der Waals surface area contributed by atoms with Gasteiger partial charge in [-0.05, 0) is 12.1 Å². The fourth-order valence-corrected chi connectivity index (χ4v) is 2.30. The summed E-state index contributed by atoms with van der Waals surface area (Å²) >= 11 is 0. The minimum atomic E-state index is -3.67. The SMILES string of the molecule is COC(=O)C(O)c1c(O)cccc1S(C)(=O)=O. The van der Waals surface area contributed by atoms with Gasteiger partial charge in [-0.2, -0.15) is 0 Å². The third-order valence-electron chi connectivity index (χ3n) is 2.14. The number of phenolic OH excluding ortho intramolecular Hbond substituents is 1. The maximum absolute atomic E-state index is 11.4. The van der Waals surface area contributed by atoms with E-state index < -0.39 is 27.7 Å². The maximum atomic E-state index is 11.4. The highest BCUT2D eigenvalue weighted by atomic mass is 32.2. The molecule has 0 radical (unpaired) electrons. The number of methoxy groups -OCH3 is 1. The predicted octanol–water partition coefficient (Wildman–Crippen LogP) is 0.00210. The first-order chi connectivity index (χ1) is 7.79. The molecule has 6 nitrogen and oxygen atoms in total. The second kappa shape index (κ2) is 4.72. The Balaban J connectivity index is 3.46. The van der Waals surface area contributed by atoms with Gasteiger partial charge in [0, 0.05) is 6.26 Å². The summed E-state index contributed by atoms with van der Waals surface area (Å²) in [5.41, 5.74) is -0.373. The molecule has 0 spiro atoms. The number of aromatic hydroxyl groups is 1. The quantitative estimate of drug-likeness (QED) is 0.742. The molecule has 0 saturated carbocycles. The van der Waals surface area contributed by atoms with E-state index in [1.807, 2.05) is 0 Å². The van der Waals surface area contributed by atoms with E-state index in [1.54, 1.807) is 0 Å². The lowest BCUT2D eigenvalue weighted by atomic mass is 10.1. The molecule has 1 rings (SSSR count). The van der Waals surface area contributed by atoms with Crippen LogP contribution in [0.3, 0.4) is 0 Å². The minimum Gasteiger partial charge on any atom is -0.508 e. The largest absolute Gasteiger partial charge is 0.508 e. The summed E-state index contributed by atoms with van der Waals surface area (Å²) in [5.74, 6) is -1.53. The molecule has 2 N–H and O–H groups in total. The molecule has 0 fully saturated rings. The molecule has 1 aromatic carbocycles. The van der Waals surface area contributed by atoms with Gasteiger partial charge in [-0.15, -0.1) is 0 Å². The van der Waals surface area contributed by atoms with E-state index in [1.165, 1.54) is 18.2 Å². The minimum absolute atomic E-state index is 0.310. The zero-order chi connectivity index (χ0) is 13.2. The number of carbonyl (C=O) groups excluding carboxylic acids is 1. The van der Waals surface area contributed by atoms with Crippen LogP contribution < -0.4 is 0 Å². The smallest absolute Gasteiger partial charge is 0.339 e. The monoisotopic (exact) mass is 260 g/mol. The molecule has 0 aliphatic rings. The van der Waals surface area contributed by atoms with Crippen molar-refractivity contribution in [2.24, 2.45) is 0 Å². The highest BCUT2D eigenvalue weighted by Gasteiger charge is 2.28. The summed E-state index contributed by atoms with van der Waals surface area (Å²) in [4.78, 5) is 10.9. The van der Waals surface area contributed by atoms with Crippen LogP contribution >= 0.6 is 0 Å². The Kier molecular flexibility index (Phi) is 3.74. The normalized spacial score (nSPS) is 13.1. The van der Waals surface area contributed by atoms with Gasteiger partial charge in [0.2, 0.25) is 0 Å². The number of carbonyl (C=O) groups is 1. The van der Waals surface area contributed by atoms with Crippen molar-refractivity contribution in [3.63, 3.8) is 0 Å². The molecule has 1 atom stereocenters. The van der Waals surface area contributed by atoms with Crippen LogP contribution in [-0.2, 0) is 19.4 Å². The Morgan fingerprint density at radius 2 is 2.00 bits per heavy atom. The molecule has 0 aromatic heterocycles. The van der Waals surface area contributed by atoms with E-state index in [9.17, 15) is 23.4 Å². The van der Waals surface area contributed by atoms with Crippen LogP contribution in [-0.4, -0.2) is 38.0 Å². The van der Waals surface area contributed by atoms with Gasteiger partial charge in [-0.1, -0.05) is 6.07 Å². The van der Waals surface area contributed by atoms with Crippen molar-refractivity contribution in [1.82, 2.24) is 0 Å². The Morgan fingerprint density at radius 1 is 1.41 bits per heavy atom. The number of hydrogen-bond donors (Lipinski definition) is 2. The molecule has 0 heterocycles. The molecular formula is C10H12O6S. The molecule has 0 bridgehead atoms. The van der Waals surface area contributed by atoms with Crippen LogP contribution in [0, 0.1) is 0 Å². The summed E-state index contributed by atoms with van der Waals surface area (Å²) < 4.78 is 27.2. The summed E-state index contributed by atoms with van der Waals surface area (Å²) in [6.45, 7) is 0. The lowest BCUT2D eigenvalue weighted by molar-refractivity contribution is -0.150. The number of ether oxygens (including phenoxy) is 1. The Bertz CT molecular complexity index is 534. The number of hydrogen-bond acceptors (Lipinski definition) is 6. The fraction of sp³-hybridized carbons (Fsp3) is 0.300.